The van der Waals surface area contributed by atoms with E-state index in [0.717, 1.165) is 6.92 Å². The number of benzene rings is 2. The minimum Gasteiger partial charge on any atom is -0.747 e. The highest BCUT2D eigenvalue weighted by Crippen LogP contribution is 2.30. The predicted octanol–water partition coefficient (Wildman–Crippen LogP) is 4.07. The van der Waals surface area contributed by atoms with Gasteiger partial charge in [0.1, 0.15) is 38.5 Å². The van der Waals surface area contributed by atoms with Gasteiger partial charge in [0.15, 0.2) is 11.6 Å². The maximum atomic E-state index is 13.1. The average Bonchev–Trinajstić information content (AvgIpc) is 3.75. The van der Waals surface area contributed by atoms with Crippen LogP contribution in [0, 0.1) is 59.8 Å². The van der Waals surface area contributed by atoms with Crippen LogP contribution in [0.15, 0.2) is 6.07 Å². The third-order valence-electron chi connectivity index (χ3n) is 8.20. The Morgan fingerprint density at radius 1 is 0.500 bits per heavy atom. The Morgan fingerprint density at radius 3 is 1.12 bits per heavy atom. The second-order valence-electron chi connectivity index (χ2n) is 14.2. The summed E-state index contributed by atoms with van der Waals surface area (Å²) in [5.74, 6) is -30.3. The summed E-state index contributed by atoms with van der Waals surface area (Å²) in [4.78, 5) is 140. The van der Waals surface area contributed by atoms with Gasteiger partial charge in [-0.25, -0.2) is 40.0 Å². The molecule has 4 amide bonds. The van der Waals surface area contributed by atoms with Gasteiger partial charge in [-0.1, -0.05) is 0 Å². The Kier molecular flexibility index (Phi) is 25.9. The highest BCUT2D eigenvalue weighted by Gasteiger charge is 2.45. The minimum absolute atomic E-state index is 0. The van der Waals surface area contributed by atoms with Gasteiger partial charge in [-0.2, -0.15) is 17.6 Å². The summed E-state index contributed by atoms with van der Waals surface area (Å²) in [7, 11) is -4.99. The molecule has 0 N–H and O–H groups in total. The molecule has 2 aromatic rings. The molecule has 72 heavy (non-hydrogen) atoms. The smallest absolute Gasteiger partial charge is 0.333 e. The Balaban J connectivity index is 0.000000933. The van der Waals surface area contributed by atoms with E-state index < -0.39 is 152 Å². The lowest BCUT2D eigenvalue weighted by Crippen LogP contribution is -2.36. The zero-order chi connectivity index (χ0) is 54.8. The molecule has 0 aliphatic carbocycles. The Bertz CT molecular complexity index is 2540. The number of rotatable bonds is 17. The van der Waals surface area contributed by atoms with Crippen molar-refractivity contribution >= 4 is 80.8 Å². The maximum Gasteiger partial charge on any atom is 0.333 e. The molecule has 0 spiro atoms. The standard InChI is InChI=1S/C11H7F5O3.C11H8F4O3.C9H11NO8S.C9H11NO5.CH3/c1-4(17)2-3-5(18)19-11-9(15)7(13)6(12)8(14)10(11)16;1-5(16)2-3-8(17)18-11-9(14)6(12)4-7(13)10(11)15;1-5(11)2-3-8(13)18-10-7(12)4-6(9(10)14)19(15,16)17;1-6(11)2-5-9(14)15-10-7(12)3-4-8(10)13;/h2-3H2,1H3;4H,2-3H2,1H3;6H,2-4H2,1H3,(H,15,16,17);2-5H2,1H3;1H3/q;;;;+1/p-1. The maximum absolute atomic E-state index is 13.1. The molecule has 2 saturated heterocycles. The summed E-state index contributed by atoms with van der Waals surface area (Å²) >= 11 is 0. The monoisotopic (exact) mass is 1070 g/mol. The van der Waals surface area contributed by atoms with Crippen molar-refractivity contribution in [2.45, 2.75) is 104 Å². The van der Waals surface area contributed by atoms with Crippen LogP contribution < -0.4 is 9.47 Å². The van der Waals surface area contributed by atoms with Crippen LogP contribution >= 0.6 is 0 Å². The summed E-state index contributed by atoms with van der Waals surface area (Å²) in [5.41, 5.74) is 0. The van der Waals surface area contributed by atoms with Crippen LogP contribution in [0.5, 0.6) is 11.5 Å². The molecule has 2 aromatic carbocycles. The first-order chi connectivity index (χ1) is 32.7. The molecule has 0 saturated carbocycles. The molecule has 21 nitrogen and oxygen atoms in total. The number of esters is 2. The van der Waals surface area contributed by atoms with Crippen LogP contribution in [0.4, 0.5) is 39.5 Å². The van der Waals surface area contributed by atoms with E-state index in [-0.39, 0.29) is 87.3 Å². The van der Waals surface area contributed by atoms with Crippen molar-refractivity contribution in [2.75, 3.05) is 0 Å². The van der Waals surface area contributed by atoms with E-state index in [9.17, 15) is 110 Å². The van der Waals surface area contributed by atoms with Crippen molar-refractivity contribution in [3.05, 3.63) is 65.8 Å². The van der Waals surface area contributed by atoms with Gasteiger partial charge in [-0.15, -0.1) is 10.1 Å². The number of hydroxylamine groups is 4. The first-order valence-corrected chi connectivity index (χ1v) is 21.0. The summed E-state index contributed by atoms with van der Waals surface area (Å²) in [6, 6.07) is -0.00241. The molecule has 1 unspecified atom stereocenters. The molecule has 396 valence electrons. The van der Waals surface area contributed by atoms with Crippen molar-refractivity contribution in [1.82, 2.24) is 10.1 Å². The topological polar surface area (TPSA) is 305 Å². The lowest BCUT2D eigenvalue weighted by atomic mass is 10.2. The van der Waals surface area contributed by atoms with E-state index in [1.165, 1.54) is 20.8 Å². The summed E-state index contributed by atoms with van der Waals surface area (Å²) < 4.78 is 156. The largest absolute Gasteiger partial charge is 0.747 e. The number of imide groups is 2. The third-order valence-corrected chi connectivity index (χ3v) is 9.27. The van der Waals surface area contributed by atoms with Crippen LogP contribution in [0.1, 0.15) is 98.3 Å². The first kappa shape index (κ1) is 64.4. The van der Waals surface area contributed by atoms with Crippen LogP contribution in [0.25, 0.3) is 0 Å². The van der Waals surface area contributed by atoms with Crippen LogP contribution in [-0.2, 0) is 77.3 Å². The Hall–Kier alpha value is -7.57. The first-order valence-electron chi connectivity index (χ1n) is 19.5. The van der Waals surface area contributed by atoms with Crippen molar-refractivity contribution in [1.29, 1.82) is 0 Å². The SMILES string of the molecule is CC(=O)CCC(=O)ON1C(=O)CC(S(=O)(=O)[O-])C1=O.CC(=O)CCC(=O)ON1C(=O)CCC1=O.CC(=O)CCC(=O)Oc1c(F)c(F)c(F)c(F)c1F.CC(=O)CCC(=O)Oc1c(F)c(F)cc(F)c1F.[CH3+]. The van der Waals surface area contributed by atoms with Crippen molar-refractivity contribution in [2.24, 2.45) is 0 Å². The molecule has 4 rings (SSSR count). The fourth-order valence-electron chi connectivity index (χ4n) is 4.61. The second kappa shape index (κ2) is 28.9. The second-order valence-corrected chi connectivity index (χ2v) is 15.7. The van der Waals surface area contributed by atoms with E-state index in [0.29, 0.717) is 5.06 Å². The zero-order valence-electron chi connectivity index (χ0n) is 37.9. The van der Waals surface area contributed by atoms with Gasteiger partial charge >= 0.3 is 23.9 Å². The van der Waals surface area contributed by atoms with Gasteiger partial charge < -0.3 is 42.9 Å². The number of Topliss-reactive ketones (excluding diaryl/α,β-unsaturated/α-hetero) is 4. The molecule has 0 radical (unpaired) electrons. The summed E-state index contributed by atoms with van der Waals surface area (Å²) in [6.07, 6.45) is -2.72. The fourth-order valence-corrected chi connectivity index (χ4v) is 5.30. The van der Waals surface area contributed by atoms with Crippen LogP contribution in [-0.4, -0.2) is 99.0 Å². The van der Waals surface area contributed by atoms with E-state index in [2.05, 4.69) is 19.1 Å². The number of ether oxygens (including phenoxy) is 2. The minimum atomic E-state index is -4.99. The number of ketones is 4. The number of hydrogen-bond donors (Lipinski definition) is 0. The molecule has 2 heterocycles. The molecule has 0 aromatic heterocycles. The van der Waals surface area contributed by atoms with Gasteiger partial charge in [0.25, 0.3) is 23.6 Å². The molecular weight excluding hydrogens is 1030 g/mol. The highest BCUT2D eigenvalue weighted by molar-refractivity contribution is 7.87. The average molecular weight is 1070 g/mol. The van der Waals surface area contributed by atoms with E-state index >= 15 is 0 Å². The fraction of sp³-hybridized carbons (Fsp3) is 0.390. The van der Waals surface area contributed by atoms with Gasteiger partial charge in [0.05, 0.1) is 32.1 Å². The predicted molar refractivity (Wildman–Crippen MR) is 213 cm³/mol. The van der Waals surface area contributed by atoms with Crippen molar-refractivity contribution < 1.29 is 129 Å². The number of halogens is 9. The third kappa shape index (κ3) is 20.4. The summed E-state index contributed by atoms with van der Waals surface area (Å²) in [5, 5.41) is -1.63. The normalized spacial score (nSPS) is 13.8. The van der Waals surface area contributed by atoms with E-state index in [1.807, 2.05) is 0 Å². The van der Waals surface area contributed by atoms with Gasteiger partial charge in [-0.05, 0) is 27.7 Å². The van der Waals surface area contributed by atoms with Gasteiger partial charge in [0, 0.05) is 52.0 Å². The quantitative estimate of drug-likeness (QED) is 0.0315. The van der Waals surface area contributed by atoms with Gasteiger partial charge in [-0.3, -0.25) is 28.8 Å². The van der Waals surface area contributed by atoms with E-state index in [4.69, 9.17) is 0 Å². The number of carbonyl (C=O) groups excluding carboxylic acids is 12. The molecule has 2 fully saturated rings. The molecule has 0 bridgehead atoms. The molecule has 1 atom stereocenters. The highest BCUT2D eigenvalue weighted by atomic mass is 32.2. The van der Waals surface area contributed by atoms with Gasteiger partial charge in [0.2, 0.25) is 52.2 Å². The number of carbonyl (C=O) groups is 12. The lowest BCUT2D eigenvalue weighted by Gasteiger charge is -2.15. The van der Waals surface area contributed by atoms with Crippen molar-refractivity contribution in [3.63, 3.8) is 0 Å². The number of hydrogen-bond acceptors (Lipinski definition) is 19. The molecule has 2 aliphatic rings. The summed E-state index contributed by atoms with van der Waals surface area (Å²) in [6.45, 7) is 4.95. The Labute approximate surface area is 400 Å². The Morgan fingerprint density at radius 2 is 0.806 bits per heavy atom. The van der Waals surface area contributed by atoms with Crippen molar-refractivity contribution in [3.8, 4) is 11.5 Å². The van der Waals surface area contributed by atoms with Crippen LogP contribution in [0.2, 0.25) is 0 Å². The van der Waals surface area contributed by atoms with E-state index in [1.54, 1.807) is 0 Å². The lowest BCUT2D eigenvalue weighted by molar-refractivity contribution is -0.197. The zero-order valence-corrected chi connectivity index (χ0v) is 38.7. The number of nitrogens with zero attached hydrogens (tertiary/aromatic N) is 2. The van der Waals surface area contributed by atoms with Crippen LogP contribution in [0.3, 0.4) is 0 Å². The molecule has 31 heteroatoms. The molecular formula is C41H39F9N2O19S. The number of amides is 4. The molecule has 2 aliphatic heterocycles.